The van der Waals surface area contributed by atoms with Crippen LogP contribution in [0.5, 0.6) is 0 Å². The van der Waals surface area contributed by atoms with Gasteiger partial charge in [0.05, 0.1) is 0 Å². The lowest BCUT2D eigenvalue weighted by molar-refractivity contribution is -0.117. The number of aromatic carboxylic acids is 1. The Morgan fingerprint density at radius 2 is 2.07 bits per heavy atom. The molecule has 154 valence electrons. The standard InChI is InChI=1S/C23H28N2O3S/c1-2-3-4-5-7-17-10-12-19(13-11-17)25-18(14-15-22(25)26)8-6-9-21-24-20(16-29-21)23(27)28/h6,9-13,16,18H,2-5,7-8,14-15H2,1H3,(H,27,28)/b9-6-/t18-/m0/s1. The van der Waals surface area contributed by atoms with Crippen LogP contribution in [0.4, 0.5) is 5.69 Å². The molecule has 1 amide bonds. The molecule has 1 N–H and O–H groups in total. The molecule has 2 aromatic rings. The van der Waals surface area contributed by atoms with Gasteiger partial charge in [-0.1, -0.05) is 44.4 Å². The summed E-state index contributed by atoms with van der Waals surface area (Å²) in [5.74, 6) is -0.844. The third kappa shape index (κ3) is 5.76. The second-order valence-electron chi connectivity index (χ2n) is 7.45. The van der Waals surface area contributed by atoms with Gasteiger partial charge in [0.1, 0.15) is 5.01 Å². The zero-order valence-corrected chi connectivity index (χ0v) is 17.7. The van der Waals surface area contributed by atoms with Crippen LogP contribution in [0.3, 0.4) is 0 Å². The molecule has 1 aliphatic heterocycles. The molecular weight excluding hydrogens is 384 g/mol. The van der Waals surface area contributed by atoms with Crippen LogP contribution < -0.4 is 4.90 Å². The molecule has 1 saturated heterocycles. The van der Waals surface area contributed by atoms with Crippen molar-refractivity contribution in [2.45, 2.75) is 64.3 Å². The quantitative estimate of drug-likeness (QED) is 0.518. The Bertz CT molecular complexity index is 857. The van der Waals surface area contributed by atoms with Crippen molar-refractivity contribution in [1.82, 2.24) is 4.98 Å². The molecule has 0 unspecified atom stereocenters. The molecule has 0 radical (unpaired) electrons. The number of carbonyl (C=O) groups excluding carboxylic acids is 1. The summed E-state index contributed by atoms with van der Waals surface area (Å²) < 4.78 is 0. The minimum absolute atomic E-state index is 0.0714. The van der Waals surface area contributed by atoms with E-state index in [0.717, 1.165) is 24.9 Å². The Morgan fingerprint density at radius 1 is 1.28 bits per heavy atom. The summed E-state index contributed by atoms with van der Waals surface area (Å²) in [5.41, 5.74) is 2.36. The highest BCUT2D eigenvalue weighted by atomic mass is 32.1. The average Bonchev–Trinajstić information content (AvgIpc) is 3.33. The maximum absolute atomic E-state index is 12.5. The third-order valence-corrected chi connectivity index (χ3v) is 6.08. The van der Waals surface area contributed by atoms with Crippen molar-refractivity contribution in [3.63, 3.8) is 0 Å². The molecule has 1 aromatic carbocycles. The van der Waals surface area contributed by atoms with Crippen molar-refractivity contribution in [1.29, 1.82) is 0 Å². The van der Waals surface area contributed by atoms with E-state index in [0.29, 0.717) is 11.4 Å². The Labute approximate surface area is 176 Å². The first-order chi connectivity index (χ1) is 14.1. The number of amides is 1. The number of carbonyl (C=O) groups is 2. The van der Waals surface area contributed by atoms with E-state index in [9.17, 15) is 9.59 Å². The molecule has 0 saturated carbocycles. The number of rotatable bonds is 10. The van der Waals surface area contributed by atoms with Gasteiger partial charge in [0, 0.05) is 23.5 Å². The van der Waals surface area contributed by atoms with Crippen molar-refractivity contribution in [3.8, 4) is 0 Å². The molecule has 1 atom stereocenters. The lowest BCUT2D eigenvalue weighted by atomic mass is 10.1. The summed E-state index contributed by atoms with van der Waals surface area (Å²) >= 11 is 1.31. The van der Waals surface area contributed by atoms with Crippen LogP contribution >= 0.6 is 11.3 Å². The minimum atomic E-state index is -1.01. The predicted molar refractivity (Wildman–Crippen MR) is 118 cm³/mol. The second kappa shape index (κ2) is 10.3. The van der Waals surface area contributed by atoms with Crippen molar-refractivity contribution in [2.24, 2.45) is 0 Å². The average molecular weight is 413 g/mol. The Morgan fingerprint density at radius 3 is 2.76 bits per heavy atom. The Kier molecular flexibility index (Phi) is 7.58. The number of carboxylic acids is 1. The van der Waals surface area contributed by atoms with E-state index in [-0.39, 0.29) is 17.6 Å². The number of hydrogen-bond acceptors (Lipinski definition) is 4. The number of unbranched alkanes of at least 4 members (excludes halogenated alkanes) is 3. The van der Waals surface area contributed by atoms with Crippen LogP contribution in [0.1, 0.15) is 72.9 Å². The fraction of sp³-hybridized carbons (Fsp3) is 0.435. The first-order valence-corrected chi connectivity index (χ1v) is 11.2. The highest BCUT2D eigenvalue weighted by Gasteiger charge is 2.31. The summed E-state index contributed by atoms with van der Waals surface area (Å²) in [6, 6.07) is 8.54. The summed E-state index contributed by atoms with van der Waals surface area (Å²) in [4.78, 5) is 29.3. The molecule has 3 rings (SSSR count). The van der Waals surface area contributed by atoms with E-state index >= 15 is 0 Å². The van der Waals surface area contributed by atoms with E-state index in [1.807, 2.05) is 17.1 Å². The fourth-order valence-corrected chi connectivity index (χ4v) is 4.40. The summed E-state index contributed by atoms with van der Waals surface area (Å²) in [5, 5.41) is 11.2. The van der Waals surface area contributed by atoms with Gasteiger partial charge in [-0.15, -0.1) is 11.3 Å². The van der Waals surface area contributed by atoms with Crippen molar-refractivity contribution in [2.75, 3.05) is 4.90 Å². The number of hydrogen-bond donors (Lipinski definition) is 1. The van der Waals surface area contributed by atoms with Gasteiger partial charge in [-0.3, -0.25) is 4.79 Å². The fourth-order valence-electron chi connectivity index (χ4n) is 3.69. The molecule has 1 fully saturated rings. The molecule has 0 bridgehead atoms. The van der Waals surface area contributed by atoms with Crippen molar-refractivity contribution >= 4 is 35.0 Å². The van der Waals surface area contributed by atoms with Crippen LogP contribution in [0.2, 0.25) is 0 Å². The molecular formula is C23H28N2O3S. The van der Waals surface area contributed by atoms with Gasteiger partial charge in [-0.2, -0.15) is 0 Å². The SMILES string of the molecule is CCCCCCc1ccc(N2C(=O)CC[C@@H]2C/C=C\c2nc(C(=O)O)cs2)cc1. The zero-order valence-electron chi connectivity index (χ0n) is 16.8. The molecule has 1 aliphatic rings. The highest BCUT2D eigenvalue weighted by Crippen LogP contribution is 2.29. The van der Waals surface area contributed by atoms with Gasteiger partial charge in [-0.05, 0) is 49.5 Å². The number of thiazole rings is 1. The van der Waals surface area contributed by atoms with Crippen LogP contribution in [0.15, 0.2) is 35.7 Å². The van der Waals surface area contributed by atoms with Gasteiger partial charge in [0.25, 0.3) is 0 Å². The Balaban J connectivity index is 1.59. The summed E-state index contributed by atoms with van der Waals surface area (Å²) in [7, 11) is 0. The first kappa shape index (κ1) is 21.2. The van der Waals surface area contributed by atoms with Crippen molar-refractivity contribution in [3.05, 3.63) is 52.0 Å². The smallest absolute Gasteiger partial charge is 0.355 e. The van der Waals surface area contributed by atoms with Crippen LogP contribution in [0, 0.1) is 0 Å². The molecule has 1 aromatic heterocycles. The Hall–Kier alpha value is -2.47. The van der Waals surface area contributed by atoms with Gasteiger partial charge in [0.15, 0.2) is 5.69 Å². The highest BCUT2D eigenvalue weighted by molar-refractivity contribution is 7.10. The monoisotopic (exact) mass is 412 g/mol. The molecule has 5 nitrogen and oxygen atoms in total. The molecule has 2 heterocycles. The van der Waals surface area contributed by atoms with E-state index in [1.165, 1.54) is 48.0 Å². The molecule has 0 spiro atoms. The van der Waals surface area contributed by atoms with Gasteiger partial charge in [-0.25, -0.2) is 9.78 Å². The number of carboxylic acid groups (broad SMARTS) is 1. The number of nitrogens with zero attached hydrogens (tertiary/aromatic N) is 2. The van der Waals surface area contributed by atoms with E-state index in [2.05, 4.69) is 36.2 Å². The minimum Gasteiger partial charge on any atom is -0.476 e. The van der Waals surface area contributed by atoms with E-state index in [4.69, 9.17) is 5.11 Å². The number of aryl methyl sites for hydroxylation is 1. The first-order valence-electron chi connectivity index (χ1n) is 10.3. The van der Waals surface area contributed by atoms with Crippen LogP contribution in [0.25, 0.3) is 6.08 Å². The zero-order chi connectivity index (χ0) is 20.6. The normalized spacial score (nSPS) is 16.8. The van der Waals surface area contributed by atoms with E-state index < -0.39 is 5.97 Å². The topological polar surface area (TPSA) is 70.5 Å². The maximum atomic E-state index is 12.5. The lowest BCUT2D eigenvalue weighted by Gasteiger charge is -2.24. The third-order valence-electron chi connectivity index (χ3n) is 5.27. The van der Waals surface area contributed by atoms with Crippen molar-refractivity contribution < 1.29 is 14.7 Å². The van der Waals surface area contributed by atoms with Crippen LogP contribution in [-0.4, -0.2) is 28.0 Å². The van der Waals surface area contributed by atoms with E-state index in [1.54, 1.807) is 0 Å². The van der Waals surface area contributed by atoms with Gasteiger partial charge < -0.3 is 10.0 Å². The van der Waals surface area contributed by atoms with Crippen LogP contribution in [-0.2, 0) is 11.2 Å². The maximum Gasteiger partial charge on any atom is 0.355 e. The molecule has 6 heteroatoms. The summed E-state index contributed by atoms with van der Waals surface area (Å²) in [6.45, 7) is 2.22. The largest absolute Gasteiger partial charge is 0.476 e. The molecule has 29 heavy (non-hydrogen) atoms. The molecule has 0 aliphatic carbocycles. The summed E-state index contributed by atoms with van der Waals surface area (Å²) in [6.07, 6.45) is 12.1. The number of aromatic nitrogens is 1. The number of anilines is 1. The predicted octanol–water partition coefficient (Wildman–Crippen LogP) is 5.56. The number of benzene rings is 1. The lowest BCUT2D eigenvalue weighted by Crippen LogP contribution is -2.32. The second-order valence-corrected chi connectivity index (χ2v) is 8.34. The van der Waals surface area contributed by atoms with Gasteiger partial charge >= 0.3 is 5.97 Å². The van der Waals surface area contributed by atoms with Gasteiger partial charge in [0.2, 0.25) is 5.91 Å².